The highest BCUT2D eigenvalue weighted by atomic mass is 15.1. The molecule has 0 aliphatic heterocycles. The van der Waals surface area contributed by atoms with Crippen molar-refractivity contribution in [2.75, 3.05) is 5.73 Å². The van der Waals surface area contributed by atoms with Gasteiger partial charge in [0.05, 0.1) is 16.6 Å². The monoisotopic (exact) mass is 264 g/mol. The lowest BCUT2D eigenvalue weighted by Gasteiger charge is -2.03. The van der Waals surface area contributed by atoms with E-state index in [1.165, 1.54) is 0 Å². The van der Waals surface area contributed by atoms with Crippen molar-refractivity contribution in [1.82, 2.24) is 19.5 Å². The first-order valence-corrected chi connectivity index (χ1v) is 6.06. The molecule has 0 unspecified atom stereocenters. The number of nitriles is 1. The SMILES string of the molecule is Cc1nc(N)c2c(C#N)c(-c3cccnc3)n(C)c2n1. The van der Waals surface area contributed by atoms with E-state index in [4.69, 9.17) is 5.73 Å². The molecule has 0 aliphatic rings. The van der Waals surface area contributed by atoms with Crippen LogP contribution in [0.25, 0.3) is 22.3 Å². The van der Waals surface area contributed by atoms with Crippen molar-refractivity contribution >= 4 is 16.9 Å². The summed E-state index contributed by atoms with van der Waals surface area (Å²) in [5.41, 5.74) is 8.70. The Morgan fingerprint density at radius 3 is 2.80 bits per heavy atom. The average molecular weight is 264 g/mol. The molecular formula is C14H12N6. The summed E-state index contributed by atoms with van der Waals surface area (Å²) in [5, 5.41) is 10.1. The van der Waals surface area contributed by atoms with Crippen LogP contribution in [-0.4, -0.2) is 19.5 Å². The molecule has 0 bridgehead atoms. The third-order valence-corrected chi connectivity index (χ3v) is 3.22. The minimum Gasteiger partial charge on any atom is -0.383 e. The van der Waals surface area contributed by atoms with Crippen LogP contribution in [0.4, 0.5) is 5.82 Å². The molecule has 0 saturated heterocycles. The Hall–Kier alpha value is -2.94. The van der Waals surface area contributed by atoms with Gasteiger partial charge in [0, 0.05) is 25.0 Å². The second-order valence-corrected chi connectivity index (χ2v) is 4.49. The van der Waals surface area contributed by atoms with E-state index in [1.54, 1.807) is 19.3 Å². The predicted octanol–water partition coefficient (Wildman–Crippen LogP) is 1.79. The Bertz CT molecular complexity index is 842. The van der Waals surface area contributed by atoms with Crippen LogP contribution < -0.4 is 5.73 Å². The number of hydrogen-bond acceptors (Lipinski definition) is 5. The zero-order valence-corrected chi connectivity index (χ0v) is 11.1. The second kappa shape index (κ2) is 4.31. The molecule has 3 aromatic heterocycles. The van der Waals surface area contributed by atoms with Crippen LogP contribution in [0.1, 0.15) is 11.4 Å². The third-order valence-electron chi connectivity index (χ3n) is 3.22. The lowest BCUT2D eigenvalue weighted by atomic mass is 10.1. The molecule has 98 valence electrons. The Morgan fingerprint density at radius 2 is 2.15 bits per heavy atom. The number of rotatable bonds is 1. The van der Waals surface area contributed by atoms with Gasteiger partial charge in [-0.05, 0) is 19.1 Å². The van der Waals surface area contributed by atoms with Crippen molar-refractivity contribution in [2.45, 2.75) is 6.92 Å². The maximum Gasteiger partial charge on any atom is 0.147 e. The average Bonchev–Trinajstić information content (AvgIpc) is 2.73. The van der Waals surface area contributed by atoms with Crippen molar-refractivity contribution < 1.29 is 0 Å². The Balaban J connectivity index is 2.48. The molecule has 0 aliphatic carbocycles. The van der Waals surface area contributed by atoms with Crippen molar-refractivity contribution in [2.24, 2.45) is 7.05 Å². The van der Waals surface area contributed by atoms with Gasteiger partial charge in [0.2, 0.25) is 0 Å². The highest BCUT2D eigenvalue weighted by Gasteiger charge is 2.20. The molecule has 0 radical (unpaired) electrons. The van der Waals surface area contributed by atoms with Crippen LogP contribution in [0.5, 0.6) is 0 Å². The van der Waals surface area contributed by atoms with E-state index in [0.717, 1.165) is 11.3 Å². The molecule has 3 heterocycles. The summed E-state index contributed by atoms with van der Waals surface area (Å²) >= 11 is 0. The number of fused-ring (bicyclic) bond motifs is 1. The van der Waals surface area contributed by atoms with Gasteiger partial charge in [-0.2, -0.15) is 5.26 Å². The predicted molar refractivity (Wildman–Crippen MR) is 75.6 cm³/mol. The summed E-state index contributed by atoms with van der Waals surface area (Å²) in [6.07, 6.45) is 3.40. The maximum absolute atomic E-state index is 9.49. The fourth-order valence-electron chi connectivity index (χ4n) is 2.40. The topological polar surface area (TPSA) is 93.4 Å². The van der Waals surface area contributed by atoms with Crippen LogP contribution in [0, 0.1) is 18.3 Å². The maximum atomic E-state index is 9.49. The molecule has 2 N–H and O–H groups in total. The summed E-state index contributed by atoms with van der Waals surface area (Å²) in [5.74, 6) is 0.910. The van der Waals surface area contributed by atoms with Crippen molar-refractivity contribution in [3.8, 4) is 17.3 Å². The number of hydrogen-bond donors (Lipinski definition) is 1. The third kappa shape index (κ3) is 1.61. The van der Waals surface area contributed by atoms with E-state index >= 15 is 0 Å². The number of anilines is 1. The Morgan fingerprint density at radius 1 is 1.35 bits per heavy atom. The molecule has 6 heteroatoms. The summed E-state index contributed by atoms with van der Waals surface area (Å²) in [4.78, 5) is 12.6. The molecule has 0 fully saturated rings. The van der Waals surface area contributed by atoms with Crippen LogP contribution in [-0.2, 0) is 7.05 Å². The molecule has 0 saturated carbocycles. The van der Waals surface area contributed by atoms with Crippen LogP contribution in [0.3, 0.4) is 0 Å². The summed E-state index contributed by atoms with van der Waals surface area (Å²) in [6.45, 7) is 1.78. The first kappa shape index (κ1) is 12.1. The van der Waals surface area contributed by atoms with E-state index in [9.17, 15) is 5.26 Å². The van der Waals surface area contributed by atoms with Gasteiger partial charge in [0.25, 0.3) is 0 Å². The highest BCUT2D eigenvalue weighted by Crippen LogP contribution is 2.33. The van der Waals surface area contributed by atoms with Crippen LogP contribution in [0.15, 0.2) is 24.5 Å². The Labute approximate surface area is 115 Å². The Kier molecular flexibility index (Phi) is 2.61. The molecule has 6 nitrogen and oxygen atoms in total. The number of nitrogens with two attached hydrogens (primary N) is 1. The minimum absolute atomic E-state index is 0.329. The minimum atomic E-state index is 0.329. The molecule has 0 aromatic carbocycles. The van der Waals surface area contributed by atoms with Crippen LogP contribution >= 0.6 is 0 Å². The molecular weight excluding hydrogens is 252 g/mol. The number of nitrogen functional groups attached to an aromatic ring is 1. The van der Waals surface area contributed by atoms with Crippen molar-refractivity contribution in [3.05, 3.63) is 35.9 Å². The molecule has 3 aromatic rings. The van der Waals surface area contributed by atoms with Gasteiger partial charge in [-0.15, -0.1) is 0 Å². The first-order valence-electron chi connectivity index (χ1n) is 6.06. The normalized spacial score (nSPS) is 10.7. The van der Waals surface area contributed by atoms with Gasteiger partial charge < -0.3 is 10.3 Å². The largest absolute Gasteiger partial charge is 0.383 e. The van der Waals surface area contributed by atoms with E-state index in [1.807, 2.05) is 23.7 Å². The molecule has 0 spiro atoms. The van der Waals surface area contributed by atoms with E-state index in [0.29, 0.717) is 28.2 Å². The van der Waals surface area contributed by atoms with Gasteiger partial charge in [-0.25, -0.2) is 9.97 Å². The van der Waals surface area contributed by atoms with Crippen LogP contribution in [0.2, 0.25) is 0 Å². The molecule has 3 rings (SSSR count). The summed E-state index contributed by atoms with van der Waals surface area (Å²) in [6, 6.07) is 5.94. The zero-order chi connectivity index (χ0) is 14.3. The fraction of sp³-hybridized carbons (Fsp3) is 0.143. The van der Waals surface area contributed by atoms with Gasteiger partial charge in [-0.1, -0.05) is 0 Å². The lowest BCUT2D eigenvalue weighted by Crippen LogP contribution is -1.99. The highest BCUT2D eigenvalue weighted by molar-refractivity contribution is 5.98. The van der Waals surface area contributed by atoms with Gasteiger partial charge in [-0.3, -0.25) is 4.98 Å². The second-order valence-electron chi connectivity index (χ2n) is 4.49. The van der Waals surface area contributed by atoms with E-state index in [-0.39, 0.29) is 0 Å². The standard InChI is InChI=1S/C14H12N6/c1-8-18-13(16)11-10(6-15)12(20(2)14(11)19-8)9-4-3-5-17-7-9/h3-5,7H,1-2H3,(H2,16,18,19). The quantitative estimate of drug-likeness (QED) is 0.723. The fourth-order valence-corrected chi connectivity index (χ4v) is 2.40. The smallest absolute Gasteiger partial charge is 0.147 e. The number of nitrogens with zero attached hydrogens (tertiary/aromatic N) is 5. The van der Waals surface area contributed by atoms with E-state index in [2.05, 4.69) is 21.0 Å². The molecule has 20 heavy (non-hydrogen) atoms. The number of pyridine rings is 1. The van der Waals surface area contributed by atoms with Crippen molar-refractivity contribution in [1.29, 1.82) is 5.26 Å². The van der Waals surface area contributed by atoms with Gasteiger partial charge in [0.1, 0.15) is 23.4 Å². The molecule has 0 atom stereocenters. The molecule has 0 amide bonds. The van der Waals surface area contributed by atoms with E-state index < -0.39 is 0 Å². The van der Waals surface area contributed by atoms with Gasteiger partial charge >= 0.3 is 0 Å². The lowest BCUT2D eigenvalue weighted by molar-refractivity contribution is 0.938. The number of aryl methyl sites for hydroxylation is 2. The van der Waals surface area contributed by atoms with Crippen molar-refractivity contribution in [3.63, 3.8) is 0 Å². The summed E-state index contributed by atoms with van der Waals surface area (Å²) < 4.78 is 1.86. The first-order chi connectivity index (χ1) is 9.63. The summed E-state index contributed by atoms with van der Waals surface area (Å²) in [7, 11) is 1.86. The zero-order valence-electron chi connectivity index (χ0n) is 11.1. The number of aromatic nitrogens is 4. The van der Waals surface area contributed by atoms with Gasteiger partial charge in [0.15, 0.2) is 0 Å².